The smallest absolute Gasteiger partial charge is 0.0637 e. The third-order valence-corrected chi connectivity index (χ3v) is 3.52. The molecular formula is C15H25ClN2O2. The summed E-state index contributed by atoms with van der Waals surface area (Å²) >= 11 is 6.35. The van der Waals surface area contributed by atoms with Crippen molar-refractivity contribution < 1.29 is 9.47 Å². The van der Waals surface area contributed by atoms with Gasteiger partial charge in [-0.25, -0.2) is 0 Å². The Morgan fingerprint density at radius 3 is 2.60 bits per heavy atom. The van der Waals surface area contributed by atoms with Gasteiger partial charge in [0.25, 0.3) is 0 Å². The molecule has 114 valence electrons. The molecule has 0 saturated heterocycles. The van der Waals surface area contributed by atoms with Crippen molar-refractivity contribution in [1.82, 2.24) is 5.32 Å². The molecule has 0 heterocycles. The number of hydrogen-bond donors (Lipinski definition) is 1. The average molecular weight is 301 g/mol. The molecule has 1 aromatic rings. The van der Waals surface area contributed by atoms with E-state index in [0.717, 1.165) is 36.8 Å². The fourth-order valence-electron chi connectivity index (χ4n) is 2.06. The van der Waals surface area contributed by atoms with Crippen LogP contribution in [0, 0.1) is 0 Å². The highest BCUT2D eigenvalue weighted by atomic mass is 35.5. The highest BCUT2D eigenvalue weighted by molar-refractivity contribution is 6.31. The fourth-order valence-corrected chi connectivity index (χ4v) is 2.29. The lowest BCUT2D eigenvalue weighted by Gasteiger charge is -2.26. The molecule has 20 heavy (non-hydrogen) atoms. The largest absolute Gasteiger partial charge is 0.383 e. The van der Waals surface area contributed by atoms with Crippen molar-refractivity contribution in [2.75, 3.05) is 52.0 Å². The van der Waals surface area contributed by atoms with Crippen LogP contribution in [-0.2, 0) is 16.0 Å². The highest BCUT2D eigenvalue weighted by Gasteiger charge is 2.12. The van der Waals surface area contributed by atoms with E-state index in [1.165, 1.54) is 5.69 Å². The van der Waals surface area contributed by atoms with Crippen molar-refractivity contribution in [3.8, 4) is 0 Å². The van der Waals surface area contributed by atoms with Crippen LogP contribution in [0.1, 0.15) is 12.5 Å². The molecule has 0 bridgehead atoms. The van der Waals surface area contributed by atoms with E-state index in [0.29, 0.717) is 13.2 Å². The van der Waals surface area contributed by atoms with Gasteiger partial charge in [-0.05, 0) is 19.1 Å². The van der Waals surface area contributed by atoms with Crippen LogP contribution in [0.4, 0.5) is 5.69 Å². The van der Waals surface area contributed by atoms with E-state index in [1.54, 1.807) is 14.2 Å². The molecule has 0 atom stereocenters. The summed E-state index contributed by atoms with van der Waals surface area (Å²) in [6.45, 7) is 6.87. The maximum absolute atomic E-state index is 6.35. The number of likely N-dealkylation sites (N-methyl/N-ethyl adjacent to an activating group) is 1. The Morgan fingerprint density at radius 2 is 1.95 bits per heavy atom. The molecule has 5 heteroatoms. The van der Waals surface area contributed by atoms with Gasteiger partial charge in [-0.2, -0.15) is 0 Å². The molecule has 4 nitrogen and oxygen atoms in total. The third-order valence-electron chi connectivity index (χ3n) is 3.17. The van der Waals surface area contributed by atoms with Crippen LogP contribution in [0.3, 0.4) is 0 Å². The maximum atomic E-state index is 6.35. The molecule has 1 aromatic carbocycles. The molecule has 0 spiro atoms. The number of benzene rings is 1. The Labute approximate surface area is 127 Å². The zero-order chi connectivity index (χ0) is 14.8. The zero-order valence-corrected chi connectivity index (χ0v) is 13.4. The number of halogens is 1. The highest BCUT2D eigenvalue weighted by Crippen LogP contribution is 2.27. The summed E-state index contributed by atoms with van der Waals surface area (Å²) in [6.07, 6.45) is 0. The van der Waals surface area contributed by atoms with Crippen LogP contribution in [-0.4, -0.2) is 47.1 Å². The van der Waals surface area contributed by atoms with Crippen molar-refractivity contribution in [3.63, 3.8) is 0 Å². The summed E-state index contributed by atoms with van der Waals surface area (Å²) in [5, 5.41) is 4.15. The summed E-state index contributed by atoms with van der Waals surface area (Å²) < 4.78 is 10.2. The van der Waals surface area contributed by atoms with Crippen LogP contribution in [0.15, 0.2) is 18.2 Å². The van der Waals surface area contributed by atoms with E-state index in [4.69, 9.17) is 21.1 Å². The first-order chi connectivity index (χ1) is 9.74. The lowest BCUT2D eigenvalue weighted by molar-refractivity contribution is 0.199. The molecule has 0 saturated carbocycles. The summed E-state index contributed by atoms with van der Waals surface area (Å²) in [6, 6.07) is 6.03. The number of ether oxygens (including phenoxy) is 2. The fraction of sp³-hybridized carbons (Fsp3) is 0.600. The predicted octanol–water partition coefficient (Wildman–Crippen LogP) is 2.55. The lowest BCUT2D eigenvalue weighted by atomic mass is 10.1. The van der Waals surface area contributed by atoms with Crippen molar-refractivity contribution in [1.29, 1.82) is 0 Å². The first kappa shape index (κ1) is 17.2. The lowest BCUT2D eigenvalue weighted by Crippen LogP contribution is -2.29. The van der Waals surface area contributed by atoms with Crippen LogP contribution in [0.2, 0.25) is 5.02 Å². The average Bonchev–Trinajstić information content (AvgIpc) is 2.46. The van der Waals surface area contributed by atoms with Crippen molar-refractivity contribution in [2.45, 2.75) is 13.5 Å². The van der Waals surface area contributed by atoms with Gasteiger partial charge < -0.3 is 19.7 Å². The van der Waals surface area contributed by atoms with Crippen LogP contribution < -0.4 is 10.2 Å². The van der Waals surface area contributed by atoms with Crippen molar-refractivity contribution in [2.24, 2.45) is 0 Å². The summed E-state index contributed by atoms with van der Waals surface area (Å²) in [5.41, 5.74) is 2.30. The number of nitrogens with one attached hydrogen (secondary N) is 1. The first-order valence-electron chi connectivity index (χ1n) is 6.95. The van der Waals surface area contributed by atoms with Crippen LogP contribution >= 0.6 is 11.6 Å². The second-order valence-electron chi connectivity index (χ2n) is 4.48. The summed E-state index contributed by atoms with van der Waals surface area (Å²) in [5.74, 6) is 0. The van der Waals surface area contributed by atoms with Gasteiger partial charge in [-0.1, -0.05) is 17.7 Å². The Hall–Kier alpha value is -0.810. The minimum atomic E-state index is 0.695. The van der Waals surface area contributed by atoms with E-state index in [9.17, 15) is 0 Å². The van der Waals surface area contributed by atoms with Gasteiger partial charge in [0.2, 0.25) is 0 Å². The SMILES string of the molecule is CCN(CCOC)c1cccc(Cl)c1CNCCOC. The van der Waals surface area contributed by atoms with Gasteiger partial charge in [0, 0.05) is 56.7 Å². The van der Waals surface area contributed by atoms with E-state index >= 15 is 0 Å². The molecule has 0 aromatic heterocycles. The number of nitrogens with zero attached hydrogens (tertiary/aromatic N) is 1. The molecule has 0 amide bonds. The molecule has 1 rings (SSSR count). The molecule has 0 radical (unpaired) electrons. The van der Waals surface area contributed by atoms with Gasteiger partial charge in [0.05, 0.1) is 13.2 Å². The molecule has 0 aliphatic rings. The molecule has 0 fully saturated rings. The normalized spacial score (nSPS) is 10.8. The monoisotopic (exact) mass is 300 g/mol. The van der Waals surface area contributed by atoms with Gasteiger partial charge in [0.1, 0.15) is 0 Å². The van der Waals surface area contributed by atoms with Gasteiger partial charge >= 0.3 is 0 Å². The summed E-state index contributed by atoms with van der Waals surface area (Å²) in [4.78, 5) is 2.28. The summed E-state index contributed by atoms with van der Waals surface area (Å²) in [7, 11) is 3.42. The molecule has 0 aliphatic carbocycles. The zero-order valence-electron chi connectivity index (χ0n) is 12.6. The topological polar surface area (TPSA) is 33.7 Å². The second kappa shape index (κ2) is 10.00. The molecule has 0 aliphatic heterocycles. The molecule has 1 N–H and O–H groups in total. The van der Waals surface area contributed by atoms with E-state index in [2.05, 4.69) is 23.2 Å². The van der Waals surface area contributed by atoms with Crippen LogP contribution in [0.25, 0.3) is 0 Å². The van der Waals surface area contributed by atoms with Crippen LogP contribution in [0.5, 0.6) is 0 Å². The third kappa shape index (κ3) is 5.29. The minimum absolute atomic E-state index is 0.695. The number of hydrogen-bond acceptors (Lipinski definition) is 4. The quantitative estimate of drug-likeness (QED) is 0.673. The second-order valence-corrected chi connectivity index (χ2v) is 4.89. The van der Waals surface area contributed by atoms with Gasteiger partial charge in [-0.3, -0.25) is 0 Å². The van der Waals surface area contributed by atoms with E-state index < -0.39 is 0 Å². The Balaban J connectivity index is 2.79. The predicted molar refractivity (Wildman–Crippen MR) is 84.8 cm³/mol. The van der Waals surface area contributed by atoms with Gasteiger partial charge in [0.15, 0.2) is 0 Å². The maximum Gasteiger partial charge on any atom is 0.0637 e. The Bertz CT molecular complexity index is 388. The minimum Gasteiger partial charge on any atom is -0.383 e. The van der Waals surface area contributed by atoms with E-state index in [1.807, 2.05) is 12.1 Å². The van der Waals surface area contributed by atoms with Crippen molar-refractivity contribution in [3.05, 3.63) is 28.8 Å². The Morgan fingerprint density at radius 1 is 1.20 bits per heavy atom. The Kier molecular flexibility index (Phi) is 8.62. The van der Waals surface area contributed by atoms with Crippen molar-refractivity contribution >= 4 is 17.3 Å². The van der Waals surface area contributed by atoms with E-state index in [-0.39, 0.29) is 0 Å². The number of rotatable bonds is 10. The molecular weight excluding hydrogens is 276 g/mol. The first-order valence-corrected chi connectivity index (χ1v) is 7.33. The number of anilines is 1. The van der Waals surface area contributed by atoms with Gasteiger partial charge in [-0.15, -0.1) is 0 Å². The standard InChI is InChI=1S/C15H25ClN2O2/c1-4-18(9-11-20-3)15-7-5-6-14(16)13(15)12-17-8-10-19-2/h5-7,17H,4,8-12H2,1-3H3. The molecule has 0 unspecified atom stereocenters. The number of methoxy groups -OCH3 is 2.